The fourth-order valence-electron chi connectivity index (χ4n) is 1.43. The first-order valence-electron chi connectivity index (χ1n) is 6.12. The number of carbonyl (C=O) groups excluding carboxylic acids is 1. The van der Waals surface area contributed by atoms with E-state index in [1.165, 1.54) is 11.8 Å². The SMILES string of the molecule is CCOc1ccc(SCC(=O)NCc2nn[nH]n2)cc1. The van der Waals surface area contributed by atoms with Gasteiger partial charge < -0.3 is 10.1 Å². The molecule has 0 fully saturated rings. The topological polar surface area (TPSA) is 92.8 Å². The average molecular weight is 293 g/mol. The average Bonchev–Trinajstić information content (AvgIpc) is 2.98. The number of tetrazole rings is 1. The van der Waals surface area contributed by atoms with Gasteiger partial charge in [0.25, 0.3) is 0 Å². The maximum atomic E-state index is 11.6. The summed E-state index contributed by atoms with van der Waals surface area (Å²) in [5, 5.41) is 16.0. The zero-order valence-electron chi connectivity index (χ0n) is 11.0. The van der Waals surface area contributed by atoms with Crippen LogP contribution in [0, 0.1) is 0 Å². The number of hydrogen-bond donors (Lipinski definition) is 2. The summed E-state index contributed by atoms with van der Waals surface area (Å²) in [5.41, 5.74) is 0. The first-order valence-corrected chi connectivity index (χ1v) is 7.11. The molecule has 2 N–H and O–H groups in total. The molecule has 0 spiro atoms. The number of H-pyrrole nitrogens is 1. The number of hydrogen-bond acceptors (Lipinski definition) is 6. The van der Waals surface area contributed by atoms with Crippen molar-refractivity contribution in [2.45, 2.75) is 18.4 Å². The summed E-state index contributed by atoms with van der Waals surface area (Å²) in [5.74, 6) is 1.56. The minimum atomic E-state index is -0.0753. The molecular weight excluding hydrogens is 278 g/mol. The molecule has 8 heteroatoms. The Morgan fingerprint density at radius 2 is 2.20 bits per heavy atom. The molecule has 0 aliphatic carbocycles. The van der Waals surface area contributed by atoms with Crippen molar-refractivity contribution in [1.29, 1.82) is 0 Å². The number of nitrogens with zero attached hydrogens (tertiary/aromatic N) is 3. The monoisotopic (exact) mass is 293 g/mol. The largest absolute Gasteiger partial charge is 0.494 e. The highest BCUT2D eigenvalue weighted by Gasteiger charge is 2.05. The molecule has 0 bridgehead atoms. The van der Waals surface area contributed by atoms with Gasteiger partial charge in [-0.2, -0.15) is 5.21 Å². The molecule has 0 radical (unpaired) electrons. The molecule has 0 atom stereocenters. The van der Waals surface area contributed by atoms with Crippen molar-refractivity contribution in [1.82, 2.24) is 25.9 Å². The number of rotatable bonds is 7. The second kappa shape index (κ2) is 7.49. The third-order valence-electron chi connectivity index (χ3n) is 2.34. The molecule has 1 amide bonds. The van der Waals surface area contributed by atoms with Crippen molar-refractivity contribution in [3.63, 3.8) is 0 Å². The number of carbonyl (C=O) groups is 1. The van der Waals surface area contributed by atoms with Gasteiger partial charge in [0.05, 0.1) is 18.9 Å². The number of thioether (sulfide) groups is 1. The lowest BCUT2D eigenvalue weighted by Crippen LogP contribution is -2.25. The summed E-state index contributed by atoms with van der Waals surface area (Å²) in [6.07, 6.45) is 0. The normalized spacial score (nSPS) is 10.2. The molecule has 1 aromatic heterocycles. The van der Waals surface area contributed by atoms with Crippen LogP contribution >= 0.6 is 11.8 Å². The fourth-order valence-corrected chi connectivity index (χ4v) is 2.16. The van der Waals surface area contributed by atoms with Crippen molar-refractivity contribution in [2.75, 3.05) is 12.4 Å². The Kier molecular flexibility index (Phi) is 5.36. The molecule has 0 unspecified atom stereocenters. The standard InChI is InChI=1S/C12H15N5O2S/c1-2-19-9-3-5-10(6-4-9)20-8-12(18)13-7-11-14-16-17-15-11/h3-6H,2,7-8H2,1H3,(H,13,18)(H,14,15,16,17). The first-order chi connectivity index (χ1) is 9.78. The number of benzene rings is 1. The van der Waals surface area contributed by atoms with Crippen LogP contribution in [0.3, 0.4) is 0 Å². The van der Waals surface area contributed by atoms with E-state index in [2.05, 4.69) is 25.9 Å². The number of nitrogens with one attached hydrogen (secondary N) is 2. The summed E-state index contributed by atoms with van der Waals surface area (Å²) in [6, 6.07) is 7.65. The second-order valence-corrected chi connectivity index (χ2v) is 4.85. The molecular formula is C12H15N5O2S. The van der Waals surface area contributed by atoms with Crippen LogP contribution < -0.4 is 10.1 Å². The van der Waals surface area contributed by atoms with Gasteiger partial charge in [0.2, 0.25) is 5.91 Å². The molecule has 0 aliphatic rings. The van der Waals surface area contributed by atoms with Crippen LogP contribution in [-0.4, -0.2) is 38.9 Å². The lowest BCUT2D eigenvalue weighted by atomic mass is 10.3. The van der Waals surface area contributed by atoms with Gasteiger partial charge in [-0.1, -0.05) is 5.21 Å². The van der Waals surface area contributed by atoms with E-state index >= 15 is 0 Å². The molecule has 0 aliphatic heterocycles. The van der Waals surface area contributed by atoms with Gasteiger partial charge in [0.15, 0.2) is 5.82 Å². The number of ether oxygens (including phenoxy) is 1. The zero-order chi connectivity index (χ0) is 14.2. The van der Waals surface area contributed by atoms with Crippen LogP contribution in [-0.2, 0) is 11.3 Å². The maximum Gasteiger partial charge on any atom is 0.230 e. The smallest absolute Gasteiger partial charge is 0.230 e. The summed E-state index contributed by atoms with van der Waals surface area (Å²) in [6.45, 7) is 2.86. The summed E-state index contributed by atoms with van der Waals surface area (Å²) >= 11 is 1.46. The van der Waals surface area contributed by atoms with Crippen molar-refractivity contribution >= 4 is 17.7 Å². The van der Waals surface area contributed by atoms with Gasteiger partial charge in [0, 0.05) is 4.90 Å². The van der Waals surface area contributed by atoms with Gasteiger partial charge in [-0.15, -0.1) is 22.0 Å². The highest BCUT2D eigenvalue weighted by molar-refractivity contribution is 8.00. The molecule has 2 rings (SSSR count). The van der Waals surface area contributed by atoms with Crippen LogP contribution in [0.25, 0.3) is 0 Å². The van der Waals surface area contributed by atoms with E-state index in [1.807, 2.05) is 31.2 Å². The quantitative estimate of drug-likeness (QED) is 0.740. The Bertz CT molecular complexity index is 529. The summed E-state index contributed by atoms with van der Waals surface area (Å²) in [4.78, 5) is 12.7. The van der Waals surface area contributed by atoms with E-state index in [1.54, 1.807) is 0 Å². The van der Waals surface area contributed by atoms with Gasteiger partial charge in [-0.25, -0.2) is 0 Å². The molecule has 0 saturated carbocycles. The molecule has 1 aromatic carbocycles. The Labute approximate surface area is 120 Å². The van der Waals surface area contributed by atoms with Crippen molar-refractivity contribution < 1.29 is 9.53 Å². The van der Waals surface area contributed by atoms with Crippen molar-refractivity contribution in [3.8, 4) is 5.75 Å². The van der Waals surface area contributed by atoms with E-state index in [-0.39, 0.29) is 12.5 Å². The second-order valence-electron chi connectivity index (χ2n) is 3.80. The highest BCUT2D eigenvalue weighted by Crippen LogP contribution is 2.21. The van der Waals surface area contributed by atoms with Crippen LogP contribution in [0.4, 0.5) is 0 Å². The van der Waals surface area contributed by atoms with Gasteiger partial charge >= 0.3 is 0 Å². The predicted octanol–water partition coefficient (Wildman–Crippen LogP) is 1.01. The van der Waals surface area contributed by atoms with Crippen LogP contribution in [0.5, 0.6) is 5.75 Å². The molecule has 1 heterocycles. The van der Waals surface area contributed by atoms with Crippen LogP contribution in [0.15, 0.2) is 29.2 Å². The molecule has 20 heavy (non-hydrogen) atoms. The maximum absolute atomic E-state index is 11.6. The third kappa shape index (κ3) is 4.54. The van der Waals surface area contributed by atoms with Gasteiger partial charge in [-0.3, -0.25) is 4.79 Å². The lowest BCUT2D eigenvalue weighted by Gasteiger charge is -2.05. The first kappa shape index (κ1) is 14.3. The van der Waals surface area contributed by atoms with E-state index in [0.29, 0.717) is 18.2 Å². The number of aromatic amines is 1. The Hall–Kier alpha value is -2.09. The molecule has 106 valence electrons. The third-order valence-corrected chi connectivity index (χ3v) is 3.35. The lowest BCUT2D eigenvalue weighted by molar-refractivity contribution is -0.118. The zero-order valence-corrected chi connectivity index (χ0v) is 11.8. The summed E-state index contributed by atoms with van der Waals surface area (Å²) in [7, 11) is 0. The fraction of sp³-hybridized carbons (Fsp3) is 0.333. The van der Waals surface area contributed by atoms with E-state index in [0.717, 1.165) is 10.6 Å². The minimum absolute atomic E-state index is 0.0753. The van der Waals surface area contributed by atoms with Crippen LogP contribution in [0.1, 0.15) is 12.7 Å². The van der Waals surface area contributed by atoms with Crippen molar-refractivity contribution in [2.24, 2.45) is 0 Å². The van der Waals surface area contributed by atoms with E-state index in [9.17, 15) is 4.79 Å². The predicted molar refractivity (Wildman–Crippen MR) is 74.4 cm³/mol. The Balaban J connectivity index is 1.72. The number of aromatic nitrogens is 4. The van der Waals surface area contributed by atoms with Gasteiger partial charge in [-0.05, 0) is 31.2 Å². The van der Waals surface area contributed by atoms with Gasteiger partial charge in [0.1, 0.15) is 5.75 Å². The number of amides is 1. The molecule has 0 saturated heterocycles. The van der Waals surface area contributed by atoms with E-state index in [4.69, 9.17) is 4.74 Å². The van der Waals surface area contributed by atoms with E-state index < -0.39 is 0 Å². The minimum Gasteiger partial charge on any atom is -0.494 e. The Morgan fingerprint density at radius 1 is 1.40 bits per heavy atom. The molecule has 7 nitrogen and oxygen atoms in total. The molecule has 2 aromatic rings. The van der Waals surface area contributed by atoms with Crippen LogP contribution in [0.2, 0.25) is 0 Å². The Morgan fingerprint density at radius 3 is 2.85 bits per heavy atom. The highest BCUT2D eigenvalue weighted by atomic mass is 32.2. The summed E-state index contributed by atoms with van der Waals surface area (Å²) < 4.78 is 5.36. The van der Waals surface area contributed by atoms with Crippen molar-refractivity contribution in [3.05, 3.63) is 30.1 Å².